The Kier molecular flexibility index (Phi) is 5.19. The van der Waals surface area contributed by atoms with Crippen LogP contribution in [-0.2, 0) is 9.53 Å². The first-order valence-electron chi connectivity index (χ1n) is 6.79. The van der Waals surface area contributed by atoms with E-state index in [1.807, 2.05) is 0 Å². The minimum absolute atomic E-state index is 0.129. The minimum atomic E-state index is -0.707. The van der Waals surface area contributed by atoms with Gasteiger partial charge in [-0.05, 0) is 30.3 Å². The maximum absolute atomic E-state index is 13.0. The van der Waals surface area contributed by atoms with E-state index in [1.54, 1.807) is 12.1 Å². The van der Waals surface area contributed by atoms with Crippen molar-refractivity contribution in [3.05, 3.63) is 65.5 Å². The van der Waals surface area contributed by atoms with Gasteiger partial charge < -0.3 is 10.1 Å². The van der Waals surface area contributed by atoms with Gasteiger partial charge in [0.25, 0.3) is 0 Å². The average Bonchev–Trinajstić information content (AvgIpc) is 2.52. The van der Waals surface area contributed by atoms with Gasteiger partial charge in [-0.3, -0.25) is 9.59 Å². The molecule has 0 saturated heterocycles. The summed E-state index contributed by atoms with van der Waals surface area (Å²) in [7, 11) is 0. The second kappa shape index (κ2) is 7.31. The molecule has 0 spiro atoms. The van der Waals surface area contributed by atoms with E-state index < -0.39 is 24.2 Å². The molecule has 0 aliphatic heterocycles. The fourth-order valence-corrected chi connectivity index (χ4v) is 1.89. The zero-order valence-corrected chi connectivity index (χ0v) is 12.3. The quantitative estimate of drug-likeness (QED) is 0.680. The Hall–Kier alpha value is -3.02. The maximum Gasteiger partial charge on any atom is 0.338 e. The molecule has 23 heavy (non-hydrogen) atoms. The van der Waals surface area contributed by atoms with Crippen LogP contribution in [-0.4, -0.2) is 24.3 Å². The Morgan fingerprint density at radius 3 is 2.43 bits per heavy atom. The number of esters is 1. The number of rotatable bonds is 5. The van der Waals surface area contributed by atoms with E-state index >= 15 is 0 Å². The number of carbonyl (C=O) groups excluding carboxylic acids is 3. The van der Waals surface area contributed by atoms with Crippen LogP contribution in [0.4, 0.5) is 10.1 Å². The van der Waals surface area contributed by atoms with Gasteiger partial charge in [-0.2, -0.15) is 0 Å². The summed E-state index contributed by atoms with van der Waals surface area (Å²) in [6.45, 7) is 0.856. The predicted octanol–water partition coefficient (Wildman–Crippen LogP) is 2.82. The zero-order valence-electron chi connectivity index (χ0n) is 12.3. The van der Waals surface area contributed by atoms with Crippen LogP contribution in [0.5, 0.6) is 0 Å². The Balaban J connectivity index is 1.99. The number of ketones is 1. The largest absolute Gasteiger partial charge is 0.454 e. The van der Waals surface area contributed by atoms with Gasteiger partial charge in [0.05, 0.1) is 5.56 Å². The van der Waals surface area contributed by atoms with Gasteiger partial charge in [0.1, 0.15) is 5.82 Å². The fraction of sp³-hybridized carbons (Fsp3) is 0.118. The van der Waals surface area contributed by atoms with E-state index in [4.69, 9.17) is 4.74 Å². The van der Waals surface area contributed by atoms with Gasteiger partial charge in [-0.15, -0.1) is 0 Å². The molecule has 0 bridgehead atoms. The van der Waals surface area contributed by atoms with Crippen LogP contribution < -0.4 is 5.32 Å². The summed E-state index contributed by atoms with van der Waals surface area (Å²) in [6, 6.07) is 11.3. The summed E-state index contributed by atoms with van der Waals surface area (Å²) in [5.74, 6) is -2.01. The highest BCUT2D eigenvalue weighted by atomic mass is 19.1. The summed E-state index contributed by atoms with van der Waals surface area (Å²) in [6.07, 6.45) is 0. The zero-order chi connectivity index (χ0) is 16.8. The molecule has 1 N–H and O–H groups in total. The first-order valence-corrected chi connectivity index (χ1v) is 6.79. The van der Waals surface area contributed by atoms with E-state index in [-0.39, 0.29) is 17.0 Å². The molecule has 0 fully saturated rings. The standard InChI is InChI=1S/C17H14FNO4/c1-11(20)19-15-7-3-5-13(9-15)17(22)23-10-16(21)12-4-2-6-14(18)8-12/h2-9H,10H2,1H3,(H,19,20). The number of hydrogen-bond acceptors (Lipinski definition) is 4. The van der Waals surface area contributed by atoms with Crippen molar-refractivity contribution in [1.82, 2.24) is 0 Å². The summed E-state index contributed by atoms with van der Waals surface area (Å²) >= 11 is 0. The molecule has 0 aliphatic carbocycles. The second-order valence-electron chi connectivity index (χ2n) is 4.77. The van der Waals surface area contributed by atoms with E-state index in [0.29, 0.717) is 5.69 Å². The van der Waals surface area contributed by atoms with Crippen LogP contribution in [0.15, 0.2) is 48.5 Å². The number of halogens is 1. The summed E-state index contributed by atoms with van der Waals surface area (Å²) in [5, 5.41) is 2.54. The fourth-order valence-electron chi connectivity index (χ4n) is 1.89. The minimum Gasteiger partial charge on any atom is -0.454 e. The lowest BCUT2D eigenvalue weighted by atomic mass is 10.1. The number of nitrogens with one attached hydrogen (secondary N) is 1. The van der Waals surface area contributed by atoms with Crippen molar-refractivity contribution in [3.63, 3.8) is 0 Å². The topological polar surface area (TPSA) is 72.5 Å². The van der Waals surface area contributed by atoms with Gasteiger partial charge in [-0.25, -0.2) is 9.18 Å². The normalized spacial score (nSPS) is 10.0. The number of ether oxygens (including phenoxy) is 1. The molecule has 118 valence electrons. The number of Topliss-reactive ketones (excluding diaryl/α,β-unsaturated/α-hetero) is 1. The second-order valence-corrected chi connectivity index (χ2v) is 4.77. The van der Waals surface area contributed by atoms with E-state index in [9.17, 15) is 18.8 Å². The van der Waals surface area contributed by atoms with Gasteiger partial charge in [-0.1, -0.05) is 18.2 Å². The van der Waals surface area contributed by atoms with Crippen molar-refractivity contribution in [1.29, 1.82) is 0 Å². The predicted molar refractivity (Wildman–Crippen MR) is 81.8 cm³/mol. The smallest absolute Gasteiger partial charge is 0.338 e. The van der Waals surface area contributed by atoms with Gasteiger partial charge in [0, 0.05) is 18.2 Å². The third kappa shape index (κ3) is 4.74. The molecule has 5 nitrogen and oxygen atoms in total. The molecule has 0 atom stereocenters. The van der Waals surface area contributed by atoms with Crippen LogP contribution in [0.25, 0.3) is 0 Å². The number of hydrogen-bond donors (Lipinski definition) is 1. The Morgan fingerprint density at radius 1 is 1.04 bits per heavy atom. The highest BCUT2D eigenvalue weighted by molar-refractivity contribution is 5.99. The van der Waals surface area contributed by atoms with Gasteiger partial charge in [0.15, 0.2) is 12.4 Å². The Labute approximate surface area is 132 Å². The molecule has 6 heteroatoms. The van der Waals surface area contributed by atoms with Crippen molar-refractivity contribution in [2.24, 2.45) is 0 Å². The van der Waals surface area contributed by atoms with Crippen molar-refractivity contribution in [2.45, 2.75) is 6.92 Å². The van der Waals surface area contributed by atoms with Gasteiger partial charge in [0.2, 0.25) is 5.91 Å². The summed E-state index contributed by atoms with van der Waals surface area (Å²) in [4.78, 5) is 34.8. The van der Waals surface area contributed by atoms with Crippen molar-refractivity contribution >= 4 is 23.3 Å². The Bertz CT molecular complexity index is 758. The van der Waals surface area contributed by atoms with Crippen LogP contribution >= 0.6 is 0 Å². The highest BCUT2D eigenvalue weighted by Crippen LogP contribution is 2.12. The molecule has 0 aromatic heterocycles. The molecule has 0 aliphatic rings. The highest BCUT2D eigenvalue weighted by Gasteiger charge is 2.13. The molecular formula is C17H14FNO4. The van der Waals surface area contributed by atoms with Crippen molar-refractivity contribution < 1.29 is 23.5 Å². The summed E-state index contributed by atoms with van der Waals surface area (Å²) < 4.78 is 18.0. The van der Waals surface area contributed by atoms with Crippen molar-refractivity contribution in [2.75, 3.05) is 11.9 Å². The van der Waals surface area contributed by atoms with Gasteiger partial charge >= 0.3 is 5.97 Å². The molecule has 2 aromatic rings. The van der Waals surface area contributed by atoms with Crippen LogP contribution in [0.3, 0.4) is 0 Å². The number of benzene rings is 2. The maximum atomic E-state index is 13.0. The third-order valence-corrected chi connectivity index (χ3v) is 2.90. The Morgan fingerprint density at radius 2 is 1.74 bits per heavy atom. The molecule has 1 amide bonds. The average molecular weight is 315 g/mol. The van der Waals surface area contributed by atoms with E-state index in [2.05, 4.69) is 5.32 Å². The monoisotopic (exact) mass is 315 g/mol. The van der Waals surface area contributed by atoms with Crippen LogP contribution in [0, 0.1) is 5.82 Å². The first-order chi connectivity index (χ1) is 11.0. The molecule has 0 unspecified atom stereocenters. The van der Waals surface area contributed by atoms with E-state index in [0.717, 1.165) is 6.07 Å². The lowest BCUT2D eigenvalue weighted by Gasteiger charge is -2.07. The SMILES string of the molecule is CC(=O)Nc1cccc(C(=O)OCC(=O)c2cccc(F)c2)c1. The number of amides is 1. The molecule has 2 aromatic carbocycles. The third-order valence-electron chi connectivity index (χ3n) is 2.90. The van der Waals surface area contributed by atoms with Crippen LogP contribution in [0.1, 0.15) is 27.6 Å². The molecule has 2 rings (SSSR count). The van der Waals surface area contributed by atoms with E-state index in [1.165, 1.54) is 37.3 Å². The first kappa shape index (κ1) is 16.4. The summed E-state index contributed by atoms with van der Waals surface area (Å²) in [5.41, 5.74) is 0.775. The lowest BCUT2D eigenvalue weighted by molar-refractivity contribution is -0.114. The molecule has 0 saturated carbocycles. The van der Waals surface area contributed by atoms with Crippen LogP contribution in [0.2, 0.25) is 0 Å². The number of anilines is 1. The molecule has 0 radical (unpaired) electrons. The molecular weight excluding hydrogens is 301 g/mol. The van der Waals surface area contributed by atoms with Crippen molar-refractivity contribution in [3.8, 4) is 0 Å². The lowest BCUT2D eigenvalue weighted by Crippen LogP contribution is -2.15. The molecule has 0 heterocycles. The number of carbonyl (C=O) groups is 3.